The van der Waals surface area contributed by atoms with E-state index in [2.05, 4.69) is 52.0 Å². The van der Waals surface area contributed by atoms with Gasteiger partial charge in [-0.15, -0.1) is 0 Å². The summed E-state index contributed by atoms with van der Waals surface area (Å²) in [4.78, 5) is 12.2. The Labute approximate surface area is 128 Å². The van der Waals surface area contributed by atoms with Gasteiger partial charge in [-0.25, -0.2) is 0 Å². The topological polar surface area (TPSA) is 26.3 Å². The average molecular weight is 286 g/mol. The van der Waals surface area contributed by atoms with Crippen LogP contribution in [0.3, 0.4) is 0 Å². The molecule has 2 nitrogen and oxygen atoms in total. The highest BCUT2D eigenvalue weighted by atomic mass is 16.5. The molecule has 2 rings (SSSR count). The van der Waals surface area contributed by atoms with Crippen LogP contribution in [-0.4, -0.2) is 12.1 Å². The Morgan fingerprint density at radius 2 is 1.76 bits per heavy atom. The van der Waals surface area contributed by atoms with Gasteiger partial charge in [0.2, 0.25) is 0 Å². The third kappa shape index (κ3) is 4.45. The molecule has 1 fully saturated rings. The van der Waals surface area contributed by atoms with Crippen LogP contribution in [0.25, 0.3) is 6.08 Å². The van der Waals surface area contributed by atoms with E-state index in [4.69, 9.17) is 4.74 Å². The zero-order valence-corrected chi connectivity index (χ0v) is 13.5. The summed E-state index contributed by atoms with van der Waals surface area (Å²) >= 11 is 0. The molecular weight excluding hydrogens is 260 g/mol. The van der Waals surface area contributed by atoms with Crippen LogP contribution < -0.4 is 0 Å². The first-order valence-electron chi connectivity index (χ1n) is 7.92. The van der Waals surface area contributed by atoms with Crippen molar-refractivity contribution in [3.8, 4) is 0 Å². The van der Waals surface area contributed by atoms with E-state index >= 15 is 0 Å². The molecule has 0 unspecified atom stereocenters. The number of hydrogen-bond donors (Lipinski definition) is 0. The molecule has 0 spiro atoms. The predicted octanol–water partition coefficient (Wildman–Crippen LogP) is 4.56. The normalized spacial score (nSPS) is 21.5. The van der Waals surface area contributed by atoms with Crippen LogP contribution in [0.1, 0.15) is 39.7 Å². The maximum absolute atomic E-state index is 12.2. The van der Waals surface area contributed by atoms with E-state index < -0.39 is 0 Å². The fourth-order valence-corrected chi connectivity index (χ4v) is 2.76. The second-order valence-electron chi connectivity index (χ2n) is 6.67. The second kappa shape index (κ2) is 6.93. The Kier molecular flexibility index (Phi) is 5.22. The van der Waals surface area contributed by atoms with Gasteiger partial charge in [0, 0.05) is 0 Å². The molecule has 1 aliphatic rings. The Bertz CT molecular complexity index is 480. The number of benzene rings is 1. The van der Waals surface area contributed by atoms with Crippen molar-refractivity contribution in [1.82, 2.24) is 0 Å². The number of esters is 1. The Hall–Kier alpha value is -1.57. The van der Waals surface area contributed by atoms with Crippen molar-refractivity contribution in [2.24, 2.45) is 23.7 Å². The highest BCUT2D eigenvalue weighted by molar-refractivity contribution is 5.77. The lowest BCUT2D eigenvalue weighted by atomic mass is 9.96. The molecule has 0 amide bonds. The zero-order valence-electron chi connectivity index (χ0n) is 13.5. The van der Waals surface area contributed by atoms with Gasteiger partial charge in [-0.1, -0.05) is 70.2 Å². The van der Waals surface area contributed by atoms with E-state index in [-0.39, 0.29) is 18.0 Å². The molecule has 21 heavy (non-hydrogen) atoms. The van der Waals surface area contributed by atoms with Crippen molar-refractivity contribution in [3.05, 3.63) is 42.0 Å². The summed E-state index contributed by atoms with van der Waals surface area (Å²) in [5.41, 5.74) is 1.18. The van der Waals surface area contributed by atoms with Gasteiger partial charge in [0.05, 0.1) is 5.92 Å². The lowest BCUT2D eigenvalue weighted by molar-refractivity contribution is -0.155. The fraction of sp³-hybridized carbons (Fsp3) is 0.526. The number of allylic oxidation sites excluding steroid dienone is 1. The van der Waals surface area contributed by atoms with E-state index in [1.165, 1.54) is 5.56 Å². The average Bonchev–Trinajstić information content (AvgIpc) is 3.22. The van der Waals surface area contributed by atoms with Crippen molar-refractivity contribution in [1.29, 1.82) is 0 Å². The molecule has 1 saturated carbocycles. The van der Waals surface area contributed by atoms with Gasteiger partial charge in [0.15, 0.2) is 0 Å². The third-order valence-electron chi connectivity index (χ3n) is 4.04. The summed E-state index contributed by atoms with van der Waals surface area (Å²) in [7, 11) is 0. The van der Waals surface area contributed by atoms with Crippen molar-refractivity contribution >= 4 is 12.0 Å². The predicted molar refractivity (Wildman–Crippen MR) is 86.6 cm³/mol. The SMILES string of the molecule is CC(C)C(OC(=O)[C@H]1C[C@@H]1/C=C/c1ccccc1)C(C)C. The number of rotatable bonds is 6. The maximum Gasteiger partial charge on any atom is 0.309 e. The highest BCUT2D eigenvalue weighted by Gasteiger charge is 2.43. The van der Waals surface area contributed by atoms with E-state index in [0.29, 0.717) is 17.8 Å². The third-order valence-corrected chi connectivity index (χ3v) is 4.04. The molecule has 0 radical (unpaired) electrons. The number of ether oxygens (including phenoxy) is 1. The highest BCUT2D eigenvalue weighted by Crippen LogP contribution is 2.41. The quantitative estimate of drug-likeness (QED) is 0.717. The summed E-state index contributed by atoms with van der Waals surface area (Å²) in [5, 5.41) is 0. The van der Waals surface area contributed by atoms with E-state index in [1.54, 1.807) is 0 Å². The van der Waals surface area contributed by atoms with Crippen LogP contribution in [0, 0.1) is 23.7 Å². The summed E-state index contributed by atoms with van der Waals surface area (Å²) < 4.78 is 5.71. The molecular formula is C19H26O2. The number of carbonyl (C=O) groups excluding carboxylic acids is 1. The summed E-state index contributed by atoms with van der Waals surface area (Å²) in [6.07, 6.45) is 5.18. The minimum absolute atomic E-state index is 0.0230. The Morgan fingerprint density at radius 3 is 2.33 bits per heavy atom. The molecule has 1 aliphatic carbocycles. The van der Waals surface area contributed by atoms with Gasteiger partial charge >= 0.3 is 5.97 Å². The molecule has 0 bridgehead atoms. The van der Waals surface area contributed by atoms with Crippen molar-refractivity contribution in [3.63, 3.8) is 0 Å². The smallest absolute Gasteiger partial charge is 0.309 e. The van der Waals surface area contributed by atoms with Gasteiger partial charge in [-0.2, -0.15) is 0 Å². The zero-order chi connectivity index (χ0) is 15.4. The lowest BCUT2D eigenvalue weighted by Gasteiger charge is -2.24. The summed E-state index contributed by atoms with van der Waals surface area (Å²) in [6.45, 7) is 8.44. The molecule has 1 aromatic carbocycles. The molecule has 2 heteroatoms. The molecule has 0 N–H and O–H groups in total. The van der Waals surface area contributed by atoms with Crippen LogP contribution in [-0.2, 0) is 9.53 Å². The van der Waals surface area contributed by atoms with Crippen LogP contribution in [0.2, 0.25) is 0 Å². The minimum atomic E-state index is -0.0230. The molecule has 114 valence electrons. The second-order valence-corrected chi connectivity index (χ2v) is 6.67. The summed E-state index contributed by atoms with van der Waals surface area (Å²) in [6, 6.07) is 10.2. The molecule has 0 heterocycles. The molecule has 1 aromatic rings. The standard InChI is InChI=1S/C19H26O2/c1-13(2)18(14(3)4)21-19(20)17-12-16(17)11-10-15-8-6-5-7-9-15/h5-11,13-14,16-18H,12H2,1-4H3/b11-10+/t16-,17-/m0/s1. The van der Waals surface area contributed by atoms with Crippen molar-refractivity contribution in [2.75, 3.05) is 0 Å². The van der Waals surface area contributed by atoms with Gasteiger partial charge in [-0.3, -0.25) is 4.79 Å². The molecule has 0 saturated heterocycles. The van der Waals surface area contributed by atoms with E-state index in [1.807, 2.05) is 18.2 Å². The minimum Gasteiger partial charge on any atom is -0.462 e. The van der Waals surface area contributed by atoms with Crippen LogP contribution in [0.15, 0.2) is 36.4 Å². The maximum atomic E-state index is 12.2. The van der Waals surface area contributed by atoms with Crippen LogP contribution in [0.5, 0.6) is 0 Å². The Morgan fingerprint density at radius 1 is 1.14 bits per heavy atom. The monoisotopic (exact) mass is 286 g/mol. The van der Waals surface area contributed by atoms with Gasteiger partial charge < -0.3 is 4.74 Å². The molecule has 0 aliphatic heterocycles. The van der Waals surface area contributed by atoms with Gasteiger partial charge in [-0.05, 0) is 29.7 Å². The first-order valence-corrected chi connectivity index (χ1v) is 7.92. The van der Waals surface area contributed by atoms with Gasteiger partial charge in [0.1, 0.15) is 6.10 Å². The largest absolute Gasteiger partial charge is 0.462 e. The number of hydrogen-bond acceptors (Lipinski definition) is 2. The first-order chi connectivity index (χ1) is 9.99. The van der Waals surface area contributed by atoms with Crippen LogP contribution >= 0.6 is 0 Å². The molecule has 2 atom stereocenters. The molecule has 0 aromatic heterocycles. The van der Waals surface area contributed by atoms with E-state index in [9.17, 15) is 4.79 Å². The van der Waals surface area contributed by atoms with E-state index in [0.717, 1.165) is 6.42 Å². The van der Waals surface area contributed by atoms with Crippen molar-refractivity contribution in [2.45, 2.75) is 40.2 Å². The Balaban J connectivity index is 1.85. The number of carbonyl (C=O) groups is 1. The van der Waals surface area contributed by atoms with Gasteiger partial charge in [0.25, 0.3) is 0 Å². The lowest BCUT2D eigenvalue weighted by Crippen LogP contribution is -2.29. The summed E-state index contributed by atoms with van der Waals surface area (Å²) in [5.74, 6) is 1.12. The van der Waals surface area contributed by atoms with Crippen molar-refractivity contribution < 1.29 is 9.53 Å². The van der Waals surface area contributed by atoms with Crippen LogP contribution in [0.4, 0.5) is 0 Å². The first kappa shape index (κ1) is 15.8. The fourth-order valence-electron chi connectivity index (χ4n) is 2.76.